The van der Waals surface area contributed by atoms with Crippen LogP contribution < -0.4 is 10.5 Å². The molecule has 0 spiro atoms. The molecule has 19 heavy (non-hydrogen) atoms. The summed E-state index contributed by atoms with van der Waals surface area (Å²) >= 11 is 1.56. The number of nitrogens with two attached hydrogens (primary N) is 1. The van der Waals surface area contributed by atoms with E-state index in [2.05, 4.69) is 0 Å². The summed E-state index contributed by atoms with van der Waals surface area (Å²) in [5.41, 5.74) is 5.18. The maximum atomic E-state index is 13.6. The third-order valence-corrected chi connectivity index (χ3v) is 3.42. The lowest BCUT2D eigenvalue weighted by Crippen LogP contribution is -2.13. The van der Waals surface area contributed by atoms with Gasteiger partial charge in [0.1, 0.15) is 5.84 Å². The van der Waals surface area contributed by atoms with Gasteiger partial charge >= 0.3 is 0 Å². The minimum atomic E-state index is -0.851. The van der Waals surface area contributed by atoms with Gasteiger partial charge in [0, 0.05) is 16.9 Å². The molecule has 0 saturated carbocycles. The van der Waals surface area contributed by atoms with Gasteiger partial charge in [-0.25, -0.2) is 8.78 Å². The Kier molecular flexibility index (Phi) is 4.11. The van der Waals surface area contributed by atoms with Crippen LogP contribution in [-0.2, 0) is 6.42 Å². The van der Waals surface area contributed by atoms with Crippen LogP contribution in [0.5, 0.6) is 5.75 Å². The highest BCUT2D eigenvalue weighted by atomic mass is 32.1. The summed E-state index contributed by atoms with van der Waals surface area (Å²) in [6, 6.07) is 5.82. The molecule has 100 valence electrons. The molecule has 1 aromatic heterocycles. The van der Waals surface area contributed by atoms with Crippen LogP contribution in [0.2, 0.25) is 0 Å². The SMILES string of the molecule is N=C(N)c1cc(F)c(OCCc2cccs2)c(F)c1. The van der Waals surface area contributed by atoms with Gasteiger partial charge in [0.15, 0.2) is 17.4 Å². The van der Waals surface area contributed by atoms with Crippen molar-refractivity contribution in [1.82, 2.24) is 0 Å². The fourth-order valence-corrected chi connectivity index (χ4v) is 2.25. The third kappa shape index (κ3) is 3.29. The predicted octanol–water partition coefficient (Wildman–Crippen LogP) is 2.93. The van der Waals surface area contributed by atoms with Crippen LogP contribution in [0.1, 0.15) is 10.4 Å². The van der Waals surface area contributed by atoms with Gasteiger partial charge in [-0.05, 0) is 23.6 Å². The number of nitrogen functional groups attached to an aromatic ring is 1. The molecule has 0 bridgehead atoms. The number of hydrogen-bond donors (Lipinski definition) is 2. The standard InChI is InChI=1S/C13H12F2N2OS/c14-10-6-8(13(16)17)7-11(15)12(10)18-4-3-9-2-1-5-19-9/h1-2,5-7H,3-4H2,(H3,16,17). The van der Waals surface area contributed by atoms with E-state index in [-0.39, 0.29) is 18.0 Å². The van der Waals surface area contributed by atoms with E-state index in [1.807, 2.05) is 17.5 Å². The largest absolute Gasteiger partial charge is 0.487 e. The molecule has 1 aromatic carbocycles. The maximum Gasteiger partial charge on any atom is 0.190 e. The van der Waals surface area contributed by atoms with E-state index < -0.39 is 17.4 Å². The van der Waals surface area contributed by atoms with E-state index in [0.29, 0.717) is 6.42 Å². The number of rotatable bonds is 5. The van der Waals surface area contributed by atoms with Crippen molar-refractivity contribution in [2.45, 2.75) is 6.42 Å². The van der Waals surface area contributed by atoms with Gasteiger partial charge in [-0.1, -0.05) is 6.07 Å². The quantitative estimate of drug-likeness (QED) is 0.654. The first-order valence-corrected chi connectivity index (χ1v) is 6.44. The van der Waals surface area contributed by atoms with E-state index in [1.165, 1.54) is 0 Å². The van der Waals surface area contributed by atoms with Crippen LogP contribution in [-0.4, -0.2) is 12.4 Å². The summed E-state index contributed by atoms with van der Waals surface area (Å²) in [4.78, 5) is 1.08. The number of ether oxygens (including phenoxy) is 1. The molecule has 0 atom stereocenters. The van der Waals surface area contributed by atoms with E-state index >= 15 is 0 Å². The monoisotopic (exact) mass is 282 g/mol. The lowest BCUT2D eigenvalue weighted by atomic mass is 10.2. The lowest BCUT2D eigenvalue weighted by Gasteiger charge is -2.09. The molecule has 3 N–H and O–H groups in total. The van der Waals surface area contributed by atoms with Crippen LogP contribution in [0.15, 0.2) is 29.6 Å². The molecule has 0 aliphatic rings. The number of amidine groups is 1. The number of thiophene rings is 1. The molecule has 0 radical (unpaired) electrons. The van der Waals surface area contributed by atoms with Crippen LogP contribution in [0.25, 0.3) is 0 Å². The highest BCUT2D eigenvalue weighted by Crippen LogP contribution is 2.23. The Hall–Kier alpha value is -1.95. The molecule has 0 saturated heterocycles. The van der Waals surface area contributed by atoms with Crippen molar-refractivity contribution in [3.05, 3.63) is 51.7 Å². The molecule has 0 aliphatic carbocycles. The van der Waals surface area contributed by atoms with Crippen LogP contribution in [0, 0.1) is 17.0 Å². The Morgan fingerprint density at radius 1 is 1.32 bits per heavy atom. The number of benzene rings is 1. The normalized spacial score (nSPS) is 10.4. The Bertz CT molecular complexity index is 561. The second-order valence-electron chi connectivity index (χ2n) is 3.86. The second-order valence-corrected chi connectivity index (χ2v) is 4.89. The zero-order chi connectivity index (χ0) is 13.8. The van der Waals surface area contributed by atoms with Crippen molar-refractivity contribution in [3.63, 3.8) is 0 Å². The first kappa shape index (κ1) is 13.5. The molecule has 0 unspecified atom stereocenters. The fourth-order valence-electron chi connectivity index (χ4n) is 1.56. The average molecular weight is 282 g/mol. The van der Waals surface area contributed by atoms with Gasteiger partial charge < -0.3 is 10.5 Å². The molecular weight excluding hydrogens is 270 g/mol. The first-order chi connectivity index (χ1) is 9.08. The van der Waals surface area contributed by atoms with Crippen LogP contribution in [0.4, 0.5) is 8.78 Å². The molecule has 1 heterocycles. The summed E-state index contributed by atoms with van der Waals surface area (Å²) < 4.78 is 32.4. The van der Waals surface area contributed by atoms with Crippen molar-refractivity contribution >= 4 is 17.2 Å². The minimum absolute atomic E-state index is 0.000562. The van der Waals surface area contributed by atoms with Gasteiger partial charge in [-0.2, -0.15) is 0 Å². The average Bonchev–Trinajstić information content (AvgIpc) is 2.85. The predicted molar refractivity (Wildman–Crippen MR) is 70.9 cm³/mol. The minimum Gasteiger partial charge on any atom is -0.487 e. The Morgan fingerprint density at radius 3 is 2.53 bits per heavy atom. The maximum absolute atomic E-state index is 13.6. The topological polar surface area (TPSA) is 59.1 Å². The molecule has 0 amide bonds. The molecule has 6 heteroatoms. The summed E-state index contributed by atoms with van der Waals surface area (Å²) in [7, 11) is 0. The summed E-state index contributed by atoms with van der Waals surface area (Å²) in [5, 5.41) is 9.07. The molecule has 0 fully saturated rings. The Morgan fingerprint density at radius 2 is 2.00 bits per heavy atom. The molecule has 2 rings (SSSR count). The van der Waals surface area contributed by atoms with Gasteiger partial charge in [0.05, 0.1) is 6.61 Å². The Labute approximate surface area is 113 Å². The van der Waals surface area contributed by atoms with Gasteiger partial charge in [-0.15, -0.1) is 11.3 Å². The molecule has 0 aliphatic heterocycles. The van der Waals surface area contributed by atoms with Crippen molar-refractivity contribution in [1.29, 1.82) is 5.41 Å². The number of halogens is 2. The highest BCUT2D eigenvalue weighted by molar-refractivity contribution is 7.09. The van der Waals surface area contributed by atoms with Crippen LogP contribution in [0.3, 0.4) is 0 Å². The molecular formula is C13H12F2N2OS. The fraction of sp³-hybridized carbons (Fsp3) is 0.154. The van der Waals surface area contributed by atoms with E-state index in [1.54, 1.807) is 11.3 Å². The molecule has 2 aromatic rings. The zero-order valence-corrected chi connectivity index (χ0v) is 10.8. The molecule has 3 nitrogen and oxygen atoms in total. The summed E-state index contributed by atoms with van der Waals surface area (Å²) in [6.45, 7) is 0.188. The van der Waals surface area contributed by atoms with E-state index in [0.717, 1.165) is 17.0 Å². The van der Waals surface area contributed by atoms with Crippen molar-refractivity contribution in [2.24, 2.45) is 5.73 Å². The van der Waals surface area contributed by atoms with Gasteiger partial charge in [0.25, 0.3) is 0 Å². The van der Waals surface area contributed by atoms with E-state index in [9.17, 15) is 8.78 Å². The van der Waals surface area contributed by atoms with Gasteiger partial charge in [0.2, 0.25) is 0 Å². The van der Waals surface area contributed by atoms with E-state index in [4.69, 9.17) is 15.9 Å². The van der Waals surface area contributed by atoms with Crippen LogP contribution >= 0.6 is 11.3 Å². The van der Waals surface area contributed by atoms with Crippen molar-refractivity contribution in [2.75, 3.05) is 6.61 Å². The zero-order valence-electron chi connectivity index (χ0n) is 9.95. The number of hydrogen-bond acceptors (Lipinski definition) is 3. The summed E-state index contributed by atoms with van der Waals surface area (Å²) in [5.74, 6) is -2.52. The highest BCUT2D eigenvalue weighted by Gasteiger charge is 2.13. The summed E-state index contributed by atoms with van der Waals surface area (Å²) in [6.07, 6.45) is 0.588. The van der Waals surface area contributed by atoms with Crippen molar-refractivity contribution < 1.29 is 13.5 Å². The smallest absolute Gasteiger partial charge is 0.190 e. The first-order valence-electron chi connectivity index (χ1n) is 5.56. The van der Waals surface area contributed by atoms with Crippen molar-refractivity contribution in [3.8, 4) is 5.75 Å². The number of nitrogens with one attached hydrogen (secondary N) is 1. The van der Waals surface area contributed by atoms with Gasteiger partial charge in [-0.3, -0.25) is 5.41 Å². The third-order valence-electron chi connectivity index (χ3n) is 2.48. The second kappa shape index (κ2) is 5.79. The lowest BCUT2D eigenvalue weighted by molar-refractivity contribution is 0.289. The Balaban J connectivity index is 2.06.